The highest BCUT2D eigenvalue weighted by molar-refractivity contribution is 7.09. The molecule has 0 aliphatic carbocycles. The van der Waals surface area contributed by atoms with Gasteiger partial charge in [0.2, 0.25) is 0 Å². The van der Waals surface area contributed by atoms with Gasteiger partial charge in [-0.3, -0.25) is 0 Å². The number of rotatable bonds is 10. The van der Waals surface area contributed by atoms with E-state index in [1.807, 2.05) is 18.2 Å². The number of hydrogen-bond donors (Lipinski definition) is 1. The Balaban J connectivity index is 2.07. The highest BCUT2D eigenvalue weighted by Crippen LogP contribution is 2.19. The lowest BCUT2D eigenvalue weighted by Crippen LogP contribution is -2.35. The lowest BCUT2D eigenvalue weighted by atomic mass is 10.2. The SMILES string of the molecule is CCCCCN(Cc1nc(C(=O)OCC)cs1)C(=O)Nc1cccc(OC)c1. The lowest BCUT2D eigenvalue weighted by Gasteiger charge is -2.22. The predicted molar refractivity (Wildman–Crippen MR) is 110 cm³/mol. The number of urea groups is 1. The number of amides is 2. The molecule has 1 aromatic heterocycles. The maximum absolute atomic E-state index is 12.8. The fourth-order valence-electron chi connectivity index (χ4n) is 2.55. The quantitative estimate of drug-likeness (QED) is 0.463. The molecule has 0 spiro atoms. The van der Waals surface area contributed by atoms with Gasteiger partial charge in [-0.05, 0) is 25.5 Å². The third-order valence-electron chi connectivity index (χ3n) is 4.00. The first-order valence-electron chi connectivity index (χ1n) is 9.38. The van der Waals surface area contributed by atoms with Crippen molar-refractivity contribution in [3.8, 4) is 5.75 Å². The van der Waals surface area contributed by atoms with Crippen LogP contribution in [0.15, 0.2) is 29.6 Å². The van der Waals surface area contributed by atoms with Gasteiger partial charge in [0.05, 0.1) is 20.3 Å². The molecule has 0 unspecified atom stereocenters. The number of methoxy groups -OCH3 is 1. The lowest BCUT2D eigenvalue weighted by molar-refractivity contribution is 0.0520. The number of carbonyl (C=O) groups is 2. The van der Waals surface area contributed by atoms with Crippen LogP contribution in [-0.4, -0.2) is 42.1 Å². The number of unbranched alkanes of at least 4 members (excludes halogenated alkanes) is 2. The molecule has 152 valence electrons. The molecule has 2 rings (SSSR count). The normalized spacial score (nSPS) is 10.4. The Bertz CT molecular complexity index is 778. The van der Waals surface area contributed by atoms with E-state index in [1.54, 1.807) is 30.4 Å². The van der Waals surface area contributed by atoms with Crippen LogP contribution >= 0.6 is 11.3 Å². The van der Waals surface area contributed by atoms with Crippen LogP contribution in [-0.2, 0) is 11.3 Å². The molecule has 2 aromatic rings. The third kappa shape index (κ3) is 6.53. The van der Waals surface area contributed by atoms with Crippen molar-refractivity contribution in [2.45, 2.75) is 39.7 Å². The molecule has 0 saturated carbocycles. The van der Waals surface area contributed by atoms with E-state index < -0.39 is 5.97 Å². The number of aromatic nitrogens is 1. The van der Waals surface area contributed by atoms with Gasteiger partial charge in [-0.2, -0.15) is 0 Å². The standard InChI is InChI=1S/C20H27N3O4S/c1-4-6-7-11-23(13-18-22-17(14-28-18)19(24)27-5-2)20(25)21-15-9-8-10-16(12-15)26-3/h8-10,12,14H,4-7,11,13H2,1-3H3,(H,21,25). The second-order valence-electron chi connectivity index (χ2n) is 6.14. The molecule has 1 N–H and O–H groups in total. The Morgan fingerprint density at radius 2 is 2.07 bits per heavy atom. The highest BCUT2D eigenvalue weighted by Gasteiger charge is 2.18. The van der Waals surface area contributed by atoms with E-state index in [-0.39, 0.29) is 11.7 Å². The summed E-state index contributed by atoms with van der Waals surface area (Å²) in [6.07, 6.45) is 3.00. The molecule has 0 aliphatic heterocycles. The number of nitrogens with one attached hydrogen (secondary N) is 1. The monoisotopic (exact) mass is 405 g/mol. The van der Waals surface area contributed by atoms with Gasteiger partial charge in [0.1, 0.15) is 10.8 Å². The van der Waals surface area contributed by atoms with Crippen LogP contribution in [0.4, 0.5) is 10.5 Å². The fourth-order valence-corrected chi connectivity index (χ4v) is 3.33. The molecule has 28 heavy (non-hydrogen) atoms. The summed E-state index contributed by atoms with van der Waals surface area (Å²) >= 11 is 1.35. The Morgan fingerprint density at radius 3 is 2.79 bits per heavy atom. The summed E-state index contributed by atoms with van der Waals surface area (Å²) in [6, 6.07) is 7.01. The summed E-state index contributed by atoms with van der Waals surface area (Å²) in [7, 11) is 1.58. The largest absolute Gasteiger partial charge is 0.497 e. The number of nitrogens with zero attached hydrogens (tertiary/aromatic N) is 2. The van der Waals surface area contributed by atoms with Crippen molar-refractivity contribution in [3.05, 3.63) is 40.3 Å². The van der Waals surface area contributed by atoms with Gasteiger partial charge in [-0.15, -0.1) is 11.3 Å². The maximum Gasteiger partial charge on any atom is 0.357 e. The second kappa shape index (κ2) is 11.3. The van der Waals surface area contributed by atoms with Crippen molar-refractivity contribution < 1.29 is 19.1 Å². The molecule has 7 nitrogen and oxygen atoms in total. The van der Waals surface area contributed by atoms with Gasteiger partial charge in [0.25, 0.3) is 0 Å². The van der Waals surface area contributed by atoms with Crippen molar-refractivity contribution in [2.75, 3.05) is 25.6 Å². The van der Waals surface area contributed by atoms with E-state index in [4.69, 9.17) is 9.47 Å². The Hall–Kier alpha value is -2.61. The Kier molecular flexibility index (Phi) is 8.74. The topological polar surface area (TPSA) is 80.8 Å². The van der Waals surface area contributed by atoms with E-state index in [0.717, 1.165) is 19.3 Å². The van der Waals surface area contributed by atoms with Crippen LogP contribution in [0.5, 0.6) is 5.75 Å². The molecular formula is C20H27N3O4S. The van der Waals surface area contributed by atoms with Crippen molar-refractivity contribution >= 4 is 29.0 Å². The van der Waals surface area contributed by atoms with E-state index in [2.05, 4.69) is 17.2 Å². The first-order valence-corrected chi connectivity index (χ1v) is 10.3. The number of anilines is 1. The summed E-state index contributed by atoms with van der Waals surface area (Å²) in [5, 5.41) is 5.26. The number of ether oxygens (including phenoxy) is 2. The molecule has 0 atom stereocenters. The summed E-state index contributed by atoms with van der Waals surface area (Å²) in [5.74, 6) is 0.234. The highest BCUT2D eigenvalue weighted by atomic mass is 32.1. The Morgan fingerprint density at radius 1 is 1.25 bits per heavy atom. The zero-order chi connectivity index (χ0) is 20.4. The minimum atomic E-state index is -0.441. The van der Waals surface area contributed by atoms with Crippen LogP contribution in [0.3, 0.4) is 0 Å². The zero-order valence-electron chi connectivity index (χ0n) is 16.6. The van der Waals surface area contributed by atoms with Gasteiger partial charge >= 0.3 is 12.0 Å². The number of hydrogen-bond acceptors (Lipinski definition) is 6. The molecule has 1 heterocycles. The van der Waals surface area contributed by atoms with E-state index in [1.165, 1.54) is 11.3 Å². The predicted octanol–water partition coefficient (Wildman–Crippen LogP) is 4.55. The number of esters is 1. The first-order chi connectivity index (χ1) is 13.6. The van der Waals surface area contributed by atoms with Gasteiger partial charge in [-0.1, -0.05) is 25.8 Å². The fraction of sp³-hybridized carbons (Fsp3) is 0.450. The van der Waals surface area contributed by atoms with E-state index in [9.17, 15) is 9.59 Å². The van der Waals surface area contributed by atoms with Crippen molar-refractivity contribution in [3.63, 3.8) is 0 Å². The van der Waals surface area contributed by atoms with Gasteiger partial charge in [0, 0.05) is 23.7 Å². The molecule has 8 heteroatoms. The van der Waals surface area contributed by atoms with Crippen LogP contribution in [0.25, 0.3) is 0 Å². The third-order valence-corrected chi connectivity index (χ3v) is 4.84. The second-order valence-corrected chi connectivity index (χ2v) is 7.08. The molecule has 0 fully saturated rings. The number of thiazole rings is 1. The number of benzene rings is 1. The van der Waals surface area contributed by atoms with Crippen LogP contribution in [0.2, 0.25) is 0 Å². The molecular weight excluding hydrogens is 378 g/mol. The summed E-state index contributed by atoms with van der Waals surface area (Å²) < 4.78 is 10.2. The summed E-state index contributed by atoms with van der Waals surface area (Å²) in [6.45, 7) is 5.12. The average molecular weight is 406 g/mol. The summed E-state index contributed by atoms with van der Waals surface area (Å²) in [5.41, 5.74) is 0.944. The van der Waals surface area contributed by atoms with Crippen LogP contribution < -0.4 is 10.1 Å². The van der Waals surface area contributed by atoms with Crippen molar-refractivity contribution in [2.24, 2.45) is 0 Å². The Labute approximate surface area is 169 Å². The number of carbonyl (C=O) groups excluding carboxylic acids is 2. The van der Waals surface area contributed by atoms with Gasteiger partial charge in [-0.25, -0.2) is 14.6 Å². The van der Waals surface area contributed by atoms with E-state index in [0.29, 0.717) is 36.1 Å². The van der Waals surface area contributed by atoms with E-state index >= 15 is 0 Å². The van der Waals surface area contributed by atoms with Gasteiger partial charge < -0.3 is 19.7 Å². The maximum atomic E-state index is 12.8. The minimum Gasteiger partial charge on any atom is -0.497 e. The smallest absolute Gasteiger partial charge is 0.357 e. The molecule has 0 radical (unpaired) electrons. The first kappa shape index (κ1) is 21.7. The zero-order valence-corrected chi connectivity index (χ0v) is 17.4. The van der Waals surface area contributed by atoms with Crippen molar-refractivity contribution in [1.82, 2.24) is 9.88 Å². The van der Waals surface area contributed by atoms with Gasteiger partial charge in [0.15, 0.2) is 5.69 Å². The van der Waals surface area contributed by atoms with Crippen molar-refractivity contribution in [1.29, 1.82) is 0 Å². The summed E-state index contributed by atoms with van der Waals surface area (Å²) in [4.78, 5) is 30.6. The molecule has 0 saturated heterocycles. The molecule has 0 bridgehead atoms. The average Bonchev–Trinajstić information content (AvgIpc) is 3.16. The van der Waals surface area contributed by atoms with Crippen LogP contribution in [0.1, 0.15) is 48.6 Å². The minimum absolute atomic E-state index is 0.211. The molecule has 0 aliphatic rings. The molecule has 2 amide bonds. The van der Waals surface area contributed by atoms with Crippen LogP contribution in [0, 0.1) is 0 Å². The molecule has 1 aromatic carbocycles.